The van der Waals surface area contributed by atoms with E-state index in [2.05, 4.69) is 11.8 Å². The molecule has 0 saturated carbocycles. The minimum absolute atomic E-state index is 0.203. The van der Waals surface area contributed by atoms with E-state index in [0.717, 1.165) is 30.3 Å². The van der Waals surface area contributed by atoms with Crippen LogP contribution in [0.15, 0.2) is 18.2 Å². The van der Waals surface area contributed by atoms with E-state index >= 15 is 0 Å². The van der Waals surface area contributed by atoms with Crippen molar-refractivity contribution in [2.24, 2.45) is 5.92 Å². The van der Waals surface area contributed by atoms with E-state index in [1.807, 2.05) is 6.07 Å². The zero-order valence-electron chi connectivity index (χ0n) is 9.55. The maximum Gasteiger partial charge on any atom is 0.123 e. The minimum Gasteiger partial charge on any atom is -0.371 e. The lowest BCUT2D eigenvalue weighted by Gasteiger charge is -2.21. The van der Waals surface area contributed by atoms with E-state index in [0.29, 0.717) is 5.88 Å². The van der Waals surface area contributed by atoms with Crippen molar-refractivity contribution in [3.05, 3.63) is 29.6 Å². The highest BCUT2D eigenvalue weighted by molar-refractivity contribution is 6.17. The van der Waals surface area contributed by atoms with Crippen LogP contribution in [-0.2, 0) is 5.88 Å². The van der Waals surface area contributed by atoms with E-state index in [9.17, 15) is 4.39 Å². The van der Waals surface area contributed by atoms with Crippen molar-refractivity contribution in [2.75, 3.05) is 18.0 Å². The molecule has 3 heteroatoms. The summed E-state index contributed by atoms with van der Waals surface area (Å²) in [7, 11) is 0. The summed E-state index contributed by atoms with van der Waals surface area (Å²) in [4.78, 5) is 2.32. The number of benzene rings is 1. The van der Waals surface area contributed by atoms with E-state index in [1.54, 1.807) is 6.07 Å². The number of anilines is 1. The van der Waals surface area contributed by atoms with Gasteiger partial charge in [-0.25, -0.2) is 4.39 Å². The van der Waals surface area contributed by atoms with Gasteiger partial charge in [-0.15, -0.1) is 11.6 Å². The van der Waals surface area contributed by atoms with Gasteiger partial charge in [0.15, 0.2) is 0 Å². The number of hydrogen-bond donors (Lipinski definition) is 0. The molecule has 1 unspecified atom stereocenters. The molecular formula is C13H17ClFN. The molecule has 1 aromatic carbocycles. The first-order valence-electron chi connectivity index (χ1n) is 5.84. The Balaban J connectivity index is 2.20. The average Bonchev–Trinajstić information content (AvgIpc) is 2.77. The van der Waals surface area contributed by atoms with Crippen LogP contribution >= 0.6 is 11.6 Å². The van der Waals surface area contributed by atoms with Crippen LogP contribution in [0, 0.1) is 11.7 Å². The average molecular weight is 242 g/mol. The lowest BCUT2D eigenvalue weighted by Crippen LogP contribution is -2.20. The van der Waals surface area contributed by atoms with Crippen molar-refractivity contribution in [1.82, 2.24) is 0 Å². The fraction of sp³-hybridized carbons (Fsp3) is 0.538. The molecule has 1 fully saturated rings. The van der Waals surface area contributed by atoms with Gasteiger partial charge in [0.05, 0.1) is 0 Å². The van der Waals surface area contributed by atoms with Crippen LogP contribution in [0.2, 0.25) is 0 Å². The van der Waals surface area contributed by atoms with Gasteiger partial charge in [0.25, 0.3) is 0 Å². The molecule has 88 valence electrons. The minimum atomic E-state index is -0.203. The highest BCUT2D eigenvalue weighted by atomic mass is 35.5. The molecule has 1 aliphatic heterocycles. The van der Waals surface area contributed by atoms with Crippen molar-refractivity contribution in [2.45, 2.75) is 25.6 Å². The zero-order valence-corrected chi connectivity index (χ0v) is 10.3. The molecule has 1 aliphatic rings. The van der Waals surface area contributed by atoms with Gasteiger partial charge < -0.3 is 4.90 Å². The molecule has 0 aromatic heterocycles. The zero-order chi connectivity index (χ0) is 11.5. The molecule has 0 aliphatic carbocycles. The van der Waals surface area contributed by atoms with Gasteiger partial charge in [0.2, 0.25) is 0 Å². The molecule has 16 heavy (non-hydrogen) atoms. The van der Waals surface area contributed by atoms with Gasteiger partial charge in [-0.2, -0.15) is 0 Å². The molecular weight excluding hydrogens is 225 g/mol. The first-order valence-corrected chi connectivity index (χ1v) is 6.37. The van der Waals surface area contributed by atoms with E-state index in [-0.39, 0.29) is 5.82 Å². The fourth-order valence-electron chi connectivity index (χ4n) is 2.35. The molecule has 0 bridgehead atoms. The van der Waals surface area contributed by atoms with Gasteiger partial charge in [0, 0.05) is 24.7 Å². The molecule has 2 rings (SSSR count). The third-order valence-corrected chi connectivity index (χ3v) is 3.68. The summed E-state index contributed by atoms with van der Waals surface area (Å²) >= 11 is 5.86. The third kappa shape index (κ3) is 2.32. The molecule has 0 spiro atoms. The second kappa shape index (κ2) is 5.05. The van der Waals surface area contributed by atoms with Gasteiger partial charge in [-0.1, -0.05) is 13.3 Å². The summed E-state index contributed by atoms with van der Waals surface area (Å²) in [5.74, 6) is 0.944. The van der Waals surface area contributed by atoms with Gasteiger partial charge in [-0.3, -0.25) is 0 Å². The number of hydrogen-bond acceptors (Lipinski definition) is 1. The maximum absolute atomic E-state index is 13.1. The highest BCUT2D eigenvalue weighted by Gasteiger charge is 2.22. The standard InChI is InChI=1S/C13H17ClFN/c1-2-10-5-6-16(9-10)13-4-3-12(15)7-11(13)8-14/h3-4,7,10H,2,5-6,8-9H2,1H3. The van der Waals surface area contributed by atoms with Crippen LogP contribution in [0.4, 0.5) is 10.1 Å². The topological polar surface area (TPSA) is 3.24 Å². The van der Waals surface area contributed by atoms with Crippen LogP contribution in [0.5, 0.6) is 0 Å². The quantitative estimate of drug-likeness (QED) is 0.728. The Kier molecular flexibility index (Phi) is 3.70. The first-order chi connectivity index (χ1) is 7.74. The molecule has 0 radical (unpaired) electrons. The van der Waals surface area contributed by atoms with Crippen LogP contribution in [0.1, 0.15) is 25.3 Å². The first kappa shape index (κ1) is 11.7. The van der Waals surface area contributed by atoms with Gasteiger partial charge >= 0.3 is 0 Å². The SMILES string of the molecule is CCC1CCN(c2ccc(F)cc2CCl)C1. The Bertz CT molecular complexity index is 367. The van der Waals surface area contributed by atoms with Crippen LogP contribution in [0.25, 0.3) is 0 Å². The number of rotatable bonds is 3. The van der Waals surface area contributed by atoms with Crippen LogP contribution < -0.4 is 4.90 Å². The summed E-state index contributed by atoms with van der Waals surface area (Å²) in [5, 5.41) is 0. The lowest BCUT2D eigenvalue weighted by molar-refractivity contribution is 0.569. The van der Waals surface area contributed by atoms with Gasteiger partial charge in [0.1, 0.15) is 5.82 Å². The normalized spacial score (nSPS) is 20.4. The second-order valence-electron chi connectivity index (χ2n) is 4.42. The maximum atomic E-state index is 13.1. The Labute approximate surface area is 101 Å². The van der Waals surface area contributed by atoms with Crippen LogP contribution in [0.3, 0.4) is 0 Å². The largest absolute Gasteiger partial charge is 0.371 e. The van der Waals surface area contributed by atoms with Gasteiger partial charge in [-0.05, 0) is 36.1 Å². The van der Waals surface area contributed by atoms with Crippen molar-refractivity contribution >= 4 is 17.3 Å². The molecule has 1 saturated heterocycles. The van der Waals surface area contributed by atoms with E-state index < -0.39 is 0 Å². The Morgan fingerprint density at radius 1 is 1.50 bits per heavy atom. The molecule has 0 amide bonds. The highest BCUT2D eigenvalue weighted by Crippen LogP contribution is 2.29. The predicted molar refractivity (Wildman–Crippen MR) is 66.6 cm³/mol. The summed E-state index contributed by atoms with van der Waals surface area (Å²) in [5.41, 5.74) is 2.01. The van der Waals surface area contributed by atoms with Crippen molar-refractivity contribution in [3.63, 3.8) is 0 Å². The van der Waals surface area contributed by atoms with Crippen LogP contribution in [-0.4, -0.2) is 13.1 Å². The smallest absolute Gasteiger partial charge is 0.123 e. The summed E-state index contributed by atoms with van der Waals surface area (Å²) < 4.78 is 13.1. The number of halogens is 2. The second-order valence-corrected chi connectivity index (χ2v) is 4.68. The molecule has 1 aromatic rings. The van der Waals surface area contributed by atoms with Crippen molar-refractivity contribution < 1.29 is 4.39 Å². The Morgan fingerprint density at radius 2 is 2.31 bits per heavy atom. The Morgan fingerprint density at radius 3 is 2.94 bits per heavy atom. The van der Waals surface area contributed by atoms with Crippen molar-refractivity contribution in [3.8, 4) is 0 Å². The lowest BCUT2D eigenvalue weighted by atomic mass is 10.1. The molecule has 0 N–H and O–H groups in total. The summed E-state index contributed by atoms with van der Waals surface area (Å²) in [6, 6.07) is 4.91. The van der Waals surface area contributed by atoms with E-state index in [4.69, 9.17) is 11.6 Å². The molecule has 1 nitrogen and oxygen atoms in total. The number of nitrogens with zero attached hydrogens (tertiary/aromatic N) is 1. The fourth-order valence-corrected chi connectivity index (χ4v) is 2.57. The monoisotopic (exact) mass is 241 g/mol. The third-order valence-electron chi connectivity index (χ3n) is 3.39. The summed E-state index contributed by atoms with van der Waals surface area (Å²) in [6.07, 6.45) is 2.45. The van der Waals surface area contributed by atoms with Crippen molar-refractivity contribution in [1.29, 1.82) is 0 Å². The number of alkyl halides is 1. The summed E-state index contributed by atoms with van der Waals surface area (Å²) in [6.45, 7) is 4.36. The Hall–Kier alpha value is -0.760. The van der Waals surface area contributed by atoms with E-state index in [1.165, 1.54) is 18.9 Å². The molecule has 1 heterocycles. The predicted octanol–water partition coefficient (Wildman–Crippen LogP) is 3.80. The molecule has 1 atom stereocenters.